The van der Waals surface area contributed by atoms with E-state index in [1.165, 1.54) is 19.2 Å². The molecule has 12 heteroatoms. The summed E-state index contributed by atoms with van der Waals surface area (Å²) in [6, 6.07) is 7.43. The van der Waals surface area contributed by atoms with Gasteiger partial charge < -0.3 is 25.2 Å². The monoisotopic (exact) mass is 499 g/mol. The van der Waals surface area contributed by atoms with E-state index >= 15 is 0 Å². The van der Waals surface area contributed by atoms with Crippen LogP contribution >= 0.6 is 0 Å². The predicted molar refractivity (Wildman–Crippen MR) is 120 cm³/mol. The van der Waals surface area contributed by atoms with Gasteiger partial charge in [-0.05, 0) is 43.5 Å². The predicted octanol–water partition coefficient (Wildman–Crippen LogP) is 2.37. The van der Waals surface area contributed by atoms with Gasteiger partial charge in [-0.15, -0.1) is 0 Å². The Morgan fingerprint density at radius 1 is 1.21 bits per heavy atom. The van der Waals surface area contributed by atoms with Gasteiger partial charge in [-0.1, -0.05) is 6.07 Å². The third kappa shape index (κ3) is 6.86. The van der Waals surface area contributed by atoms with Crippen molar-refractivity contribution in [2.75, 3.05) is 25.6 Å². The molecule has 0 unspecified atom stereocenters. The van der Waals surface area contributed by atoms with Crippen LogP contribution in [0, 0.1) is 11.6 Å². The Morgan fingerprint density at radius 3 is 2.74 bits per heavy atom. The van der Waals surface area contributed by atoms with Crippen LogP contribution in [-0.2, 0) is 14.8 Å². The van der Waals surface area contributed by atoms with E-state index in [4.69, 9.17) is 9.47 Å². The van der Waals surface area contributed by atoms with Crippen LogP contribution in [0.3, 0.4) is 0 Å². The first kappa shape index (κ1) is 25.8. The highest BCUT2D eigenvalue weighted by atomic mass is 32.2. The van der Waals surface area contributed by atoms with E-state index in [2.05, 4.69) is 15.4 Å². The number of hydrogen-bond acceptors (Lipinski definition) is 6. The summed E-state index contributed by atoms with van der Waals surface area (Å²) in [5.74, 6) is -1.04. The second-order valence-electron chi connectivity index (χ2n) is 7.76. The van der Waals surface area contributed by atoms with Crippen molar-refractivity contribution in [1.82, 2.24) is 10.0 Å². The Kier molecular flexibility index (Phi) is 8.78. The lowest BCUT2D eigenvalue weighted by atomic mass is 9.98. The highest BCUT2D eigenvalue weighted by Gasteiger charge is 2.34. The number of amides is 2. The smallest absolute Gasteiger partial charge is 0.319 e. The first-order chi connectivity index (χ1) is 16.2. The Labute approximate surface area is 196 Å². The number of nitrogens with one attached hydrogen (secondary N) is 3. The number of benzene rings is 2. The van der Waals surface area contributed by atoms with Gasteiger partial charge in [0.05, 0.1) is 42.5 Å². The van der Waals surface area contributed by atoms with Crippen molar-refractivity contribution in [1.29, 1.82) is 0 Å². The second-order valence-corrected chi connectivity index (χ2v) is 9.47. The number of urea groups is 1. The summed E-state index contributed by atoms with van der Waals surface area (Å²) < 4.78 is 65.8. The van der Waals surface area contributed by atoms with Gasteiger partial charge in [-0.2, -0.15) is 0 Å². The standard InChI is InChI=1S/C22H27F2N3O6S/c1-32-16-3-2-4-17(12-16)34(30,31)27-19-8-6-15(33-21(19)13-28)9-10-25-22(29)26-20-11-14(23)5-7-18(20)24/h2-5,7,11-12,15,19,21,27-28H,6,8-10,13H2,1H3,(H2,25,26,29)/t15-,19+,21-/m0/s1. The molecule has 2 aromatic carbocycles. The van der Waals surface area contributed by atoms with Gasteiger partial charge in [0.25, 0.3) is 0 Å². The molecule has 0 spiro atoms. The topological polar surface area (TPSA) is 126 Å². The minimum atomic E-state index is -3.86. The summed E-state index contributed by atoms with van der Waals surface area (Å²) >= 11 is 0. The van der Waals surface area contributed by atoms with Crippen molar-refractivity contribution >= 4 is 21.7 Å². The Hall–Kier alpha value is -2.80. The Morgan fingerprint density at radius 2 is 2.00 bits per heavy atom. The SMILES string of the molecule is COc1cccc(S(=O)(=O)N[C@@H]2CC[C@@H](CCNC(=O)Nc3cc(F)ccc3F)O[C@H]2CO)c1. The van der Waals surface area contributed by atoms with Gasteiger partial charge in [0.1, 0.15) is 17.4 Å². The molecule has 3 rings (SSSR count). The minimum absolute atomic E-state index is 0.0376. The van der Waals surface area contributed by atoms with Gasteiger partial charge in [0.2, 0.25) is 10.0 Å². The molecule has 0 bridgehead atoms. The molecular weight excluding hydrogens is 472 g/mol. The first-order valence-corrected chi connectivity index (χ1v) is 12.1. The lowest BCUT2D eigenvalue weighted by Gasteiger charge is -2.36. The molecule has 0 aromatic heterocycles. The molecule has 2 amide bonds. The average molecular weight is 500 g/mol. The van der Waals surface area contributed by atoms with Crippen LogP contribution in [0.15, 0.2) is 47.4 Å². The molecule has 1 heterocycles. The average Bonchev–Trinajstić information content (AvgIpc) is 2.82. The molecule has 1 fully saturated rings. The van der Waals surface area contributed by atoms with Crippen LogP contribution in [0.2, 0.25) is 0 Å². The highest BCUT2D eigenvalue weighted by Crippen LogP contribution is 2.24. The molecule has 3 atom stereocenters. The van der Waals surface area contributed by atoms with Crippen molar-refractivity contribution in [2.24, 2.45) is 0 Å². The number of sulfonamides is 1. The normalized spacial score (nSPS) is 20.5. The van der Waals surface area contributed by atoms with Gasteiger partial charge >= 0.3 is 6.03 Å². The molecule has 9 nitrogen and oxygen atoms in total. The fraction of sp³-hybridized carbons (Fsp3) is 0.409. The zero-order chi connectivity index (χ0) is 24.7. The van der Waals surface area contributed by atoms with Crippen LogP contribution in [0.1, 0.15) is 19.3 Å². The largest absolute Gasteiger partial charge is 0.497 e. The number of rotatable bonds is 9. The number of hydrogen-bond donors (Lipinski definition) is 4. The summed E-state index contributed by atoms with van der Waals surface area (Å²) in [5, 5.41) is 14.5. The van der Waals surface area contributed by atoms with Crippen molar-refractivity contribution in [3.63, 3.8) is 0 Å². The van der Waals surface area contributed by atoms with E-state index in [9.17, 15) is 27.1 Å². The van der Waals surface area contributed by atoms with E-state index in [0.29, 0.717) is 25.0 Å². The fourth-order valence-corrected chi connectivity index (χ4v) is 4.95. The Bertz CT molecular complexity index is 1100. The molecule has 0 saturated carbocycles. The Balaban J connectivity index is 1.49. The van der Waals surface area contributed by atoms with Gasteiger partial charge in [-0.3, -0.25) is 0 Å². The zero-order valence-electron chi connectivity index (χ0n) is 18.5. The zero-order valence-corrected chi connectivity index (χ0v) is 19.3. The molecule has 0 radical (unpaired) electrons. The second kappa shape index (κ2) is 11.6. The number of aliphatic hydroxyl groups is 1. The molecule has 34 heavy (non-hydrogen) atoms. The van der Waals surface area contributed by atoms with E-state index in [1.54, 1.807) is 12.1 Å². The van der Waals surface area contributed by atoms with Crippen LogP contribution in [0.25, 0.3) is 0 Å². The van der Waals surface area contributed by atoms with Crippen molar-refractivity contribution < 1.29 is 36.6 Å². The summed E-state index contributed by atoms with van der Waals surface area (Å²) in [4.78, 5) is 12.0. The molecule has 2 aromatic rings. The van der Waals surface area contributed by atoms with Gasteiger partial charge in [0.15, 0.2) is 0 Å². The van der Waals surface area contributed by atoms with E-state index in [0.717, 1.165) is 18.2 Å². The van der Waals surface area contributed by atoms with Crippen LogP contribution in [0.4, 0.5) is 19.3 Å². The number of aliphatic hydroxyl groups excluding tert-OH is 1. The van der Waals surface area contributed by atoms with Crippen molar-refractivity contribution in [2.45, 2.75) is 42.4 Å². The maximum atomic E-state index is 13.6. The number of halogens is 2. The lowest BCUT2D eigenvalue weighted by Crippen LogP contribution is -2.51. The highest BCUT2D eigenvalue weighted by molar-refractivity contribution is 7.89. The number of anilines is 1. The third-order valence-corrected chi connectivity index (χ3v) is 6.87. The van der Waals surface area contributed by atoms with Crippen molar-refractivity contribution in [3.8, 4) is 5.75 Å². The summed E-state index contributed by atoms with van der Waals surface area (Å²) in [5.41, 5.74) is -0.280. The maximum absolute atomic E-state index is 13.6. The third-order valence-electron chi connectivity index (χ3n) is 5.38. The van der Waals surface area contributed by atoms with Crippen LogP contribution in [0.5, 0.6) is 5.75 Å². The van der Waals surface area contributed by atoms with Gasteiger partial charge in [-0.25, -0.2) is 26.7 Å². The van der Waals surface area contributed by atoms with E-state index in [1.807, 2.05) is 0 Å². The quantitative estimate of drug-likeness (QED) is 0.420. The molecule has 0 aliphatic carbocycles. The van der Waals surface area contributed by atoms with Crippen LogP contribution < -0.4 is 20.1 Å². The molecule has 1 aliphatic rings. The molecule has 186 valence electrons. The number of ether oxygens (including phenoxy) is 2. The van der Waals surface area contributed by atoms with E-state index in [-0.39, 0.29) is 23.2 Å². The molecule has 4 N–H and O–H groups in total. The maximum Gasteiger partial charge on any atom is 0.319 e. The van der Waals surface area contributed by atoms with Crippen molar-refractivity contribution in [3.05, 3.63) is 54.1 Å². The number of carbonyl (C=O) groups excluding carboxylic acids is 1. The lowest BCUT2D eigenvalue weighted by molar-refractivity contribution is -0.0871. The van der Waals surface area contributed by atoms with Gasteiger partial charge in [0, 0.05) is 18.7 Å². The molecule has 1 aliphatic heterocycles. The van der Waals surface area contributed by atoms with Crippen LogP contribution in [-0.4, -0.2) is 58.1 Å². The summed E-state index contributed by atoms with van der Waals surface area (Å²) in [7, 11) is -2.42. The summed E-state index contributed by atoms with van der Waals surface area (Å²) in [6.45, 7) is -0.222. The molecule has 1 saturated heterocycles. The summed E-state index contributed by atoms with van der Waals surface area (Å²) in [6.07, 6.45) is 0.184. The first-order valence-electron chi connectivity index (χ1n) is 10.6. The number of methoxy groups -OCH3 is 1. The number of carbonyl (C=O) groups is 1. The minimum Gasteiger partial charge on any atom is -0.497 e. The fourth-order valence-electron chi connectivity index (χ4n) is 3.62. The van der Waals surface area contributed by atoms with E-state index < -0.39 is 46.4 Å². The molecular formula is C22H27F2N3O6S.